The molecule has 0 radical (unpaired) electrons. The van der Waals surface area contributed by atoms with Crippen LogP contribution in [0.5, 0.6) is 0 Å². The van der Waals surface area contributed by atoms with Crippen molar-refractivity contribution >= 4 is 21.3 Å². The average molecular weight is 423 g/mol. The largest absolute Gasteiger partial charge is 0.337 e. The Hall–Kier alpha value is -3.18. The lowest BCUT2D eigenvalue weighted by atomic mass is 10.0. The van der Waals surface area contributed by atoms with Crippen molar-refractivity contribution in [1.29, 1.82) is 5.26 Å². The molecule has 0 unspecified atom stereocenters. The van der Waals surface area contributed by atoms with Gasteiger partial charge in [0.2, 0.25) is 0 Å². The SMILES string of the molecule is CCc1ccc2c(-c3cccc(C#N)c3)c(S(C)(=O)=O)c(C(=O)N3CCCC3)nn12. The van der Waals surface area contributed by atoms with E-state index in [-0.39, 0.29) is 16.5 Å². The molecule has 0 spiro atoms. The van der Waals surface area contributed by atoms with Gasteiger partial charge in [-0.25, -0.2) is 12.9 Å². The standard InChI is InChI=1S/C22H22N4O3S/c1-3-17-9-10-18-19(16-8-6-7-15(13-16)14-23)21(30(2,28)29)20(24-26(17)18)22(27)25-11-4-5-12-25/h6-10,13H,3-5,11-12H2,1-2H3. The first-order valence-corrected chi connectivity index (χ1v) is 11.8. The van der Waals surface area contributed by atoms with Crippen molar-refractivity contribution in [2.45, 2.75) is 31.1 Å². The van der Waals surface area contributed by atoms with E-state index < -0.39 is 9.84 Å². The second-order valence-corrected chi connectivity index (χ2v) is 9.44. The Kier molecular flexibility index (Phi) is 5.08. The maximum Gasteiger partial charge on any atom is 0.275 e. The molecule has 0 N–H and O–H groups in total. The van der Waals surface area contributed by atoms with Crippen molar-refractivity contribution in [3.8, 4) is 17.2 Å². The third kappa shape index (κ3) is 3.35. The summed E-state index contributed by atoms with van der Waals surface area (Å²) in [4.78, 5) is 14.9. The number of likely N-dealkylation sites (tertiary alicyclic amines) is 1. The molecule has 1 aliphatic heterocycles. The van der Waals surface area contributed by atoms with Gasteiger partial charge < -0.3 is 4.90 Å². The molecule has 3 heterocycles. The zero-order chi connectivity index (χ0) is 21.5. The summed E-state index contributed by atoms with van der Waals surface area (Å²) in [5.41, 5.74) is 2.80. The molecular weight excluding hydrogens is 400 g/mol. The van der Waals surface area contributed by atoms with Crippen molar-refractivity contribution in [3.05, 3.63) is 53.3 Å². The summed E-state index contributed by atoms with van der Waals surface area (Å²) in [5, 5.41) is 13.9. The van der Waals surface area contributed by atoms with E-state index in [1.165, 1.54) is 0 Å². The molecule has 1 fully saturated rings. The number of amides is 1. The number of nitrogens with zero attached hydrogens (tertiary/aromatic N) is 4. The first-order chi connectivity index (χ1) is 14.3. The van der Waals surface area contributed by atoms with Crippen LogP contribution >= 0.6 is 0 Å². The number of carbonyl (C=O) groups excluding carboxylic acids is 1. The van der Waals surface area contributed by atoms with Crippen molar-refractivity contribution in [2.24, 2.45) is 0 Å². The third-order valence-corrected chi connectivity index (χ3v) is 6.58. The predicted molar refractivity (Wildman–Crippen MR) is 113 cm³/mol. The minimum atomic E-state index is -3.80. The fourth-order valence-electron chi connectivity index (χ4n) is 4.02. The van der Waals surface area contributed by atoms with Crippen molar-refractivity contribution in [3.63, 3.8) is 0 Å². The van der Waals surface area contributed by atoms with E-state index in [4.69, 9.17) is 0 Å². The van der Waals surface area contributed by atoms with Crippen molar-refractivity contribution in [1.82, 2.24) is 14.5 Å². The summed E-state index contributed by atoms with van der Waals surface area (Å²) in [6.45, 7) is 3.16. The zero-order valence-electron chi connectivity index (χ0n) is 16.9. The smallest absolute Gasteiger partial charge is 0.275 e. The Morgan fingerprint density at radius 3 is 2.57 bits per heavy atom. The zero-order valence-corrected chi connectivity index (χ0v) is 17.7. The second-order valence-electron chi connectivity index (χ2n) is 7.49. The average Bonchev–Trinajstić information content (AvgIpc) is 3.41. The minimum absolute atomic E-state index is 0.0600. The molecule has 0 saturated carbocycles. The van der Waals surface area contributed by atoms with E-state index in [0.717, 1.165) is 24.8 Å². The highest BCUT2D eigenvalue weighted by Gasteiger charge is 2.32. The van der Waals surface area contributed by atoms with Crippen LogP contribution in [0.15, 0.2) is 41.3 Å². The summed E-state index contributed by atoms with van der Waals surface area (Å²) in [5.74, 6) is -0.372. The molecule has 0 aliphatic carbocycles. The van der Waals surface area contributed by atoms with Crippen LogP contribution in [-0.2, 0) is 16.3 Å². The van der Waals surface area contributed by atoms with Gasteiger partial charge in [-0.2, -0.15) is 10.4 Å². The van der Waals surface area contributed by atoms with E-state index in [9.17, 15) is 18.5 Å². The highest BCUT2D eigenvalue weighted by molar-refractivity contribution is 7.91. The molecule has 0 atom stereocenters. The van der Waals surface area contributed by atoms with E-state index in [1.54, 1.807) is 33.7 Å². The maximum absolute atomic E-state index is 13.3. The van der Waals surface area contributed by atoms with Gasteiger partial charge in [-0.15, -0.1) is 0 Å². The normalized spacial score (nSPS) is 14.2. The van der Waals surface area contributed by atoms with Crippen LogP contribution in [0.1, 0.15) is 41.5 Å². The van der Waals surface area contributed by atoms with Gasteiger partial charge in [-0.05, 0) is 49.1 Å². The molecule has 30 heavy (non-hydrogen) atoms. The molecule has 1 saturated heterocycles. The fraction of sp³-hybridized carbons (Fsp3) is 0.318. The summed E-state index contributed by atoms with van der Waals surface area (Å²) >= 11 is 0. The van der Waals surface area contributed by atoms with Crippen LogP contribution in [0.25, 0.3) is 16.6 Å². The lowest BCUT2D eigenvalue weighted by Gasteiger charge is -2.20. The van der Waals surface area contributed by atoms with Crippen LogP contribution in [0.3, 0.4) is 0 Å². The fourth-order valence-corrected chi connectivity index (χ4v) is 5.09. The van der Waals surface area contributed by atoms with Gasteiger partial charge in [0, 0.05) is 30.6 Å². The Balaban J connectivity index is 2.13. The van der Waals surface area contributed by atoms with Crippen LogP contribution in [-0.4, -0.2) is 48.2 Å². The monoisotopic (exact) mass is 422 g/mol. The molecule has 0 bridgehead atoms. The second kappa shape index (κ2) is 7.58. The van der Waals surface area contributed by atoms with E-state index in [0.29, 0.717) is 41.7 Å². The molecule has 7 nitrogen and oxygen atoms in total. The third-order valence-electron chi connectivity index (χ3n) is 5.44. The minimum Gasteiger partial charge on any atom is -0.337 e. The number of sulfone groups is 1. The molecule has 1 aliphatic rings. The van der Waals surface area contributed by atoms with E-state index in [1.807, 2.05) is 19.1 Å². The molecular formula is C22H22N4O3S. The number of aromatic nitrogens is 2. The topological polar surface area (TPSA) is 95.5 Å². The van der Waals surface area contributed by atoms with Gasteiger partial charge in [0.15, 0.2) is 15.5 Å². The van der Waals surface area contributed by atoms with Gasteiger partial charge in [0.05, 0.1) is 17.1 Å². The number of fused-ring (bicyclic) bond motifs is 1. The number of nitriles is 1. The van der Waals surface area contributed by atoms with Gasteiger partial charge in [0.1, 0.15) is 4.90 Å². The number of carbonyl (C=O) groups is 1. The Morgan fingerprint density at radius 2 is 1.93 bits per heavy atom. The number of rotatable bonds is 4. The van der Waals surface area contributed by atoms with Crippen molar-refractivity contribution in [2.75, 3.05) is 19.3 Å². The molecule has 154 valence electrons. The predicted octanol–water partition coefficient (Wildman–Crippen LogP) is 3.07. The lowest BCUT2D eigenvalue weighted by molar-refractivity contribution is 0.0781. The lowest BCUT2D eigenvalue weighted by Crippen LogP contribution is -2.31. The number of hydrogen-bond acceptors (Lipinski definition) is 5. The van der Waals surface area contributed by atoms with Crippen LogP contribution in [0.4, 0.5) is 0 Å². The highest BCUT2D eigenvalue weighted by atomic mass is 32.2. The van der Waals surface area contributed by atoms with Crippen molar-refractivity contribution < 1.29 is 13.2 Å². The Bertz CT molecular complexity index is 1300. The molecule has 3 aromatic rings. The molecule has 4 rings (SSSR count). The van der Waals surface area contributed by atoms with Gasteiger partial charge in [-0.3, -0.25) is 4.79 Å². The van der Waals surface area contributed by atoms with E-state index >= 15 is 0 Å². The summed E-state index contributed by atoms with van der Waals surface area (Å²) in [7, 11) is -3.80. The quantitative estimate of drug-likeness (QED) is 0.644. The van der Waals surface area contributed by atoms with Crippen LogP contribution < -0.4 is 0 Å². The molecule has 2 aromatic heterocycles. The molecule has 8 heteroatoms. The first kappa shape index (κ1) is 20.1. The summed E-state index contributed by atoms with van der Waals surface area (Å²) in [6.07, 6.45) is 3.56. The van der Waals surface area contributed by atoms with Crippen LogP contribution in [0.2, 0.25) is 0 Å². The molecule has 1 amide bonds. The number of aryl methyl sites for hydroxylation is 1. The van der Waals surface area contributed by atoms with E-state index in [2.05, 4.69) is 11.2 Å². The maximum atomic E-state index is 13.3. The number of benzene rings is 1. The Morgan fingerprint density at radius 1 is 1.20 bits per heavy atom. The summed E-state index contributed by atoms with van der Waals surface area (Å²) in [6, 6.07) is 12.6. The van der Waals surface area contributed by atoms with Gasteiger partial charge >= 0.3 is 0 Å². The first-order valence-electron chi connectivity index (χ1n) is 9.89. The van der Waals surface area contributed by atoms with Gasteiger partial charge in [0.25, 0.3) is 5.91 Å². The Labute approximate surface area is 175 Å². The molecule has 1 aromatic carbocycles. The summed E-state index contributed by atoms with van der Waals surface area (Å²) < 4.78 is 27.6. The highest BCUT2D eigenvalue weighted by Crippen LogP contribution is 2.35. The van der Waals surface area contributed by atoms with Crippen LogP contribution in [0, 0.1) is 11.3 Å². The van der Waals surface area contributed by atoms with Gasteiger partial charge in [-0.1, -0.05) is 19.1 Å². The number of hydrogen-bond donors (Lipinski definition) is 0.